The molecule has 1 amide bonds. The van der Waals surface area contributed by atoms with E-state index in [2.05, 4.69) is 20.5 Å². The third-order valence-electron chi connectivity index (χ3n) is 4.50. The number of aromatic amines is 1. The Kier molecular flexibility index (Phi) is 8.79. The first-order chi connectivity index (χ1) is 15.6. The number of methoxy groups -OCH3 is 1. The summed E-state index contributed by atoms with van der Waals surface area (Å²) in [5.41, 5.74) is 1.97. The molecule has 0 saturated carbocycles. The van der Waals surface area contributed by atoms with Gasteiger partial charge in [-0.3, -0.25) is 9.89 Å². The van der Waals surface area contributed by atoms with Crippen molar-refractivity contribution >= 4 is 17.7 Å². The van der Waals surface area contributed by atoms with Crippen LogP contribution in [0.3, 0.4) is 0 Å². The Morgan fingerprint density at radius 3 is 2.53 bits per heavy atom. The van der Waals surface area contributed by atoms with Crippen LogP contribution in [0.2, 0.25) is 0 Å². The number of benzene rings is 2. The molecule has 0 bridgehead atoms. The first-order valence-electron chi connectivity index (χ1n) is 10.5. The standard InChI is InChI=1S/C23H28N4O4S/c1-4-30-19-11-6-16(14-20(19)31-5-2)12-13-24-21(28)15-32-23-25-22(26-27-23)17-7-9-18(29-3)10-8-17/h6-11,14H,4-5,12-13,15H2,1-3H3,(H,24,28)(H,25,26,27). The Morgan fingerprint density at radius 2 is 1.81 bits per heavy atom. The van der Waals surface area contributed by atoms with E-state index >= 15 is 0 Å². The molecule has 0 atom stereocenters. The lowest BCUT2D eigenvalue weighted by atomic mass is 10.1. The number of carbonyl (C=O) groups is 1. The molecule has 9 heteroatoms. The minimum absolute atomic E-state index is 0.0678. The molecule has 3 aromatic rings. The van der Waals surface area contributed by atoms with Gasteiger partial charge in [-0.25, -0.2) is 4.98 Å². The highest BCUT2D eigenvalue weighted by molar-refractivity contribution is 7.99. The summed E-state index contributed by atoms with van der Waals surface area (Å²) in [6.07, 6.45) is 0.700. The Labute approximate surface area is 192 Å². The second-order valence-corrected chi connectivity index (χ2v) is 7.67. The van der Waals surface area contributed by atoms with Gasteiger partial charge in [-0.1, -0.05) is 17.8 Å². The van der Waals surface area contributed by atoms with Crippen molar-refractivity contribution in [2.45, 2.75) is 25.4 Å². The molecule has 0 aliphatic heterocycles. The van der Waals surface area contributed by atoms with E-state index in [0.717, 1.165) is 28.4 Å². The van der Waals surface area contributed by atoms with Crippen molar-refractivity contribution in [3.05, 3.63) is 48.0 Å². The summed E-state index contributed by atoms with van der Waals surface area (Å²) in [4.78, 5) is 16.6. The highest BCUT2D eigenvalue weighted by atomic mass is 32.2. The molecule has 0 fully saturated rings. The summed E-state index contributed by atoms with van der Waals surface area (Å²) in [6, 6.07) is 13.4. The summed E-state index contributed by atoms with van der Waals surface area (Å²) in [5.74, 6) is 3.06. The predicted octanol–water partition coefficient (Wildman–Crippen LogP) is 3.73. The second kappa shape index (κ2) is 12.0. The minimum Gasteiger partial charge on any atom is -0.497 e. The van der Waals surface area contributed by atoms with Gasteiger partial charge in [0.05, 0.1) is 26.1 Å². The smallest absolute Gasteiger partial charge is 0.230 e. The van der Waals surface area contributed by atoms with Gasteiger partial charge in [0.15, 0.2) is 17.3 Å². The van der Waals surface area contributed by atoms with Crippen LogP contribution in [-0.2, 0) is 11.2 Å². The van der Waals surface area contributed by atoms with E-state index in [1.807, 2.05) is 56.3 Å². The predicted molar refractivity (Wildman–Crippen MR) is 125 cm³/mol. The zero-order chi connectivity index (χ0) is 22.8. The van der Waals surface area contributed by atoms with Crippen molar-refractivity contribution in [2.24, 2.45) is 0 Å². The number of aromatic nitrogens is 3. The Balaban J connectivity index is 1.44. The summed E-state index contributed by atoms with van der Waals surface area (Å²) in [7, 11) is 1.62. The van der Waals surface area contributed by atoms with Gasteiger partial charge in [0.1, 0.15) is 5.75 Å². The molecule has 0 saturated heterocycles. The maximum atomic E-state index is 12.2. The number of ether oxygens (including phenoxy) is 3. The monoisotopic (exact) mass is 456 g/mol. The Bertz CT molecular complexity index is 1010. The molecule has 1 heterocycles. The summed E-state index contributed by atoms with van der Waals surface area (Å²) < 4.78 is 16.4. The number of H-pyrrole nitrogens is 1. The molecule has 0 unspecified atom stereocenters. The lowest BCUT2D eigenvalue weighted by Gasteiger charge is -2.12. The van der Waals surface area contributed by atoms with Crippen LogP contribution in [0.15, 0.2) is 47.6 Å². The highest BCUT2D eigenvalue weighted by Crippen LogP contribution is 2.28. The van der Waals surface area contributed by atoms with Gasteiger partial charge in [-0.15, -0.1) is 5.10 Å². The van der Waals surface area contributed by atoms with Gasteiger partial charge in [0.2, 0.25) is 11.1 Å². The number of carbonyl (C=O) groups excluding carboxylic acids is 1. The van der Waals surface area contributed by atoms with Crippen LogP contribution in [0.4, 0.5) is 0 Å². The van der Waals surface area contributed by atoms with Crippen LogP contribution in [0.1, 0.15) is 19.4 Å². The third kappa shape index (κ3) is 6.65. The molecular formula is C23H28N4O4S. The minimum atomic E-state index is -0.0678. The van der Waals surface area contributed by atoms with E-state index in [1.165, 1.54) is 11.8 Å². The zero-order valence-electron chi connectivity index (χ0n) is 18.5. The van der Waals surface area contributed by atoms with Gasteiger partial charge in [-0.2, -0.15) is 0 Å². The molecular weight excluding hydrogens is 428 g/mol. The molecule has 0 aliphatic carbocycles. The molecule has 0 aliphatic rings. The van der Waals surface area contributed by atoms with Crippen LogP contribution in [0.5, 0.6) is 17.2 Å². The number of nitrogens with one attached hydrogen (secondary N) is 2. The SMILES string of the molecule is CCOc1ccc(CCNC(=O)CSc2n[nH]c(-c3ccc(OC)cc3)n2)cc1OCC. The fourth-order valence-electron chi connectivity index (χ4n) is 2.97. The van der Waals surface area contributed by atoms with Crippen molar-refractivity contribution in [3.8, 4) is 28.6 Å². The van der Waals surface area contributed by atoms with Gasteiger partial charge < -0.3 is 19.5 Å². The van der Waals surface area contributed by atoms with Crippen LogP contribution in [0.25, 0.3) is 11.4 Å². The number of nitrogens with zero attached hydrogens (tertiary/aromatic N) is 2. The number of hydrogen-bond acceptors (Lipinski definition) is 7. The third-order valence-corrected chi connectivity index (χ3v) is 5.35. The van der Waals surface area contributed by atoms with E-state index in [-0.39, 0.29) is 11.7 Å². The van der Waals surface area contributed by atoms with Gasteiger partial charge in [0.25, 0.3) is 0 Å². The topological polar surface area (TPSA) is 98.4 Å². The number of thioether (sulfide) groups is 1. The van der Waals surface area contributed by atoms with E-state index in [9.17, 15) is 4.79 Å². The van der Waals surface area contributed by atoms with Crippen molar-refractivity contribution in [1.82, 2.24) is 20.5 Å². The molecule has 0 spiro atoms. The molecule has 170 valence electrons. The summed E-state index contributed by atoms with van der Waals surface area (Å²) in [5, 5.41) is 10.5. The van der Waals surface area contributed by atoms with Gasteiger partial charge in [0, 0.05) is 12.1 Å². The quantitative estimate of drug-likeness (QED) is 0.401. The molecule has 3 rings (SSSR count). The van der Waals surface area contributed by atoms with E-state index in [0.29, 0.717) is 37.2 Å². The number of amides is 1. The average molecular weight is 457 g/mol. The molecule has 2 aromatic carbocycles. The van der Waals surface area contributed by atoms with Crippen LogP contribution in [0, 0.1) is 0 Å². The van der Waals surface area contributed by atoms with Crippen molar-refractivity contribution in [2.75, 3.05) is 32.6 Å². The number of hydrogen-bond donors (Lipinski definition) is 2. The second-order valence-electron chi connectivity index (χ2n) is 6.73. The van der Waals surface area contributed by atoms with Crippen LogP contribution >= 0.6 is 11.8 Å². The highest BCUT2D eigenvalue weighted by Gasteiger charge is 2.10. The van der Waals surface area contributed by atoms with E-state index < -0.39 is 0 Å². The summed E-state index contributed by atoms with van der Waals surface area (Å²) >= 11 is 1.29. The fourth-order valence-corrected chi connectivity index (χ4v) is 3.60. The Hall–Kier alpha value is -3.20. The van der Waals surface area contributed by atoms with Crippen molar-refractivity contribution < 1.29 is 19.0 Å². The lowest BCUT2D eigenvalue weighted by molar-refractivity contribution is -0.118. The van der Waals surface area contributed by atoms with Crippen LogP contribution in [-0.4, -0.2) is 53.7 Å². The maximum Gasteiger partial charge on any atom is 0.230 e. The molecule has 8 nitrogen and oxygen atoms in total. The molecule has 2 N–H and O–H groups in total. The Morgan fingerprint density at radius 1 is 1.06 bits per heavy atom. The van der Waals surface area contributed by atoms with E-state index in [1.54, 1.807) is 7.11 Å². The normalized spacial score (nSPS) is 10.6. The van der Waals surface area contributed by atoms with Crippen molar-refractivity contribution in [3.63, 3.8) is 0 Å². The first-order valence-corrected chi connectivity index (χ1v) is 11.5. The summed E-state index contributed by atoms with van der Waals surface area (Å²) in [6.45, 7) is 5.56. The lowest BCUT2D eigenvalue weighted by Crippen LogP contribution is -2.27. The van der Waals surface area contributed by atoms with E-state index in [4.69, 9.17) is 14.2 Å². The molecule has 1 aromatic heterocycles. The number of rotatable bonds is 12. The van der Waals surface area contributed by atoms with Crippen LogP contribution < -0.4 is 19.5 Å². The zero-order valence-corrected chi connectivity index (χ0v) is 19.3. The van der Waals surface area contributed by atoms with Gasteiger partial charge >= 0.3 is 0 Å². The van der Waals surface area contributed by atoms with Gasteiger partial charge in [-0.05, 0) is 62.2 Å². The fraction of sp³-hybridized carbons (Fsp3) is 0.348. The largest absolute Gasteiger partial charge is 0.497 e. The maximum absolute atomic E-state index is 12.2. The first kappa shape index (κ1) is 23.5. The average Bonchev–Trinajstić information content (AvgIpc) is 3.29. The van der Waals surface area contributed by atoms with Crippen molar-refractivity contribution in [1.29, 1.82) is 0 Å². The molecule has 32 heavy (non-hydrogen) atoms. The molecule has 0 radical (unpaired) electrons.